The molecule has 6 nitrogen and oxygen atoms in total. The van der Waals surface area contributed by atoms with Crippen molar-refractivity contribution < 1.29 is 21.2 Å². The second kappa shape index (κ2) is 8.22. The summed E-state index contributed by atoms with van der Waals surface area (Å²) in [7, 11) is -7.66. The summed E-state index contributed by atoms with van der Waals surface area (Å²) in [6, 6.07) is 15.0. The van der Waals surface area contributed by atoms with Gasteiger partial charge in [0, 0.05) is 12.2 Å². The van der Waals surface area contributed by atoms with E-state index in [4.69, 9.17) is 0 Å². The number of nitrogens with zero attached hydrogens (tertiary/aromatic N) is 1. The second-order valence-corrected chi connectivity index (χ2v) is 11.4. The number of nitrogens with one attached hydrogen (secondary N) is 1. The Hall–Kier alpha value is -2.91. The standard InChI is InChI=1S/C23H23FN2O4S2/c1-16-5-9-21(10-6-16)32(29,30)26-13-3-4-18-15-20(8-11-22(18)26)25-31(27,28)23-12-7-19(24)14-17(23)2/h5-12,14-15,25H,3-4,13H2,1-2H3. The van der Waals surface area contributed by atoms with Crippen LogP contribution in [0, 0.1) is 19.7 Å². The van der Waals surface area contributed by atoms with Crippen molar-refractivity contribution in [1.29, 1.82) is 0 Å². The molecule has 9 heteroatoms. The SMILES string of the molecule is Cc1ccc(S(=O)(=O)N2CCCc3cc(NS(=O)(=O)c4ccc(F)cc4C)ccc32)cc1. The highest BCUT2D eigenvalue weighted by atomic mass is 32.2. The Morgan fingerprint density at radius 2 is 1.62 bits per heavy atom. The summed E-state index contributed by atoms with van der Waals surface area (Å²) < 4.78 is 69.3. The van der Waals surface area contributed by atoms with Crippen LogP contribution in [0.4, 0.5) is 15.8 Å². The van der Waals surface area contributed by atoms with Crippen molar-refractivity contribution in [2.75, 3.05) is 15.6 Å². The third-order valence-corrected chi connectivity index (χ3v) is 8.81. The maximum absolute atomic E-state index is 13.4. The minimum absolute atomic E-state index is 0.0137. The summed E-state index contributed by atoms with van der Waals surface area (Å²) in [5.41, 5.74) is 2.87. The minimum Gasteiger partial charge on any atom is -0.280 e. The number of anilines is 2. The molecule has 3 aromatic rings. The number of halogens is 1. The Balaban J connectivity index is 1.66. The molecule has 0 unspecified atom stereocenters. The van der Waals surface area contributed by atoms with Crippen LogP contribution in [0.25, 0.3) is 0 Å². The first-order chi connectivity index (χ1) is 15.1. The average Bonchev–Trinajstić information content (AvgIpc) is 2.73. The lowest BCUT2D eigenvalue weighted by Crippen LogP contribution is -2.35. The Bertz CT molecular complexity index is 1390. The molecule has 1 aliphatic rings. The average molecular weight is 475 g/mol. The molecule has 1 heterocycles. The lowest BCUT2D eigenvalue weighted by atomic mass is 10.0. The van der Waals surface area contributed by atoms with Gasteiger partial charge in [-0.05, 0) is 86.3 Å². The second-order valence-electron chi connectivity index (χ2n) is 7.85. The fourth-order valence-electron chi connectivity index (χ4n) is 3.84. The molecule has 1 aliphatic heterocycles. The van der Waals surface area contributed by atoms with Gasteiger partial charge in [-0.25, -0.2) is 21.2 Å². The third kappa shape index (κ3) is 4.22. The zero-order valence-corrected chi connectivity index (χ0v) is 19.3. The number of hydrogen-bond donors (Lipinski definition) is 1. The van der Waals surface area contributed by atoms with Crippen LogP contribution >= 0.6 is 0 Å². The van der Waals surface area contributed by atoms with Gasteiger partial charge < -0.3 is 0 Å². The van der Waals surface area contributed by atoms with E-state index in [0.717, 1.165) is 23.3 Å². The molecule has 168 valence electrons. The zero-order chi connectivity index (χ0) is 23.1. The summed E-state index contributed by atoms with van der Waals surface area (Å²) in [6.07, 6.45) is 1.24. The van der Waals surface area contributed by atoms with E-state index in [-0.39, 0.29) is 9.79 Å². The van der Waals surface area contributed by atoms with Crippen molar-refractivity contribution in [3.63, 3.8) is 0 Å². The molecular formula is C23H23FN2O4S2. The molecule has 0 amide bonds. The van der Waals surface area contributed by atoms with E-state index in [0.29, 0.717) is 36.3 Å². The van der Waals surface area contributed by atoms with E-state index in [9.17, 15) is 21.2 Å². The van der Waals surface area contributed by atoms with Crippen LogP contribution in [-0.2, 0) is 26.5 Å². The van der Waals surface area contributed by atoms with Crippen molar-refractivity contribution in [3.8, 4) is 0 Å². The summed E-state index contributed by atoms with van der Waals surface area (Å²) >= 11 is 0. The van der Waals surface area contributed by atoms with E-state index in [1.807, 2.05) is 6.92 Å². The first kappa shape index (κ1) is 22.3. The molecule has 3 aromatic carbocycles. The van der Waals surface area contributed by atoms with Crippen LogP contribution in [0.5, 0.6) is 0 Å². The van der Waals surface area contributed by atoms with Gasteiger partial charge in [-0.1, -0.05) is 17.7 Å². The molecule has 0 aliphatic carbocycles. The van der Waals surface area contributed by atoms with Gasteiger partial charge >= 0.3 is 0 Å². The molecule has 0 fully saturated rings. The van der Waals surface area contributed by atoms with E-state index >= 15 is 0 Å². The molecule has 0 saturated heterocycles. The molecule has 32 heavy (non-hydrogen) atoms. The fraction of sp³-hybridized carbons (Fsp3) is 0.217. The van der Waals surface area contributed by atoms with Gasteiger partial charge in [-0.15, -0.1) is 0 Å². The number of sulfonamides is 2. The smallest absolute Gasteiger partial charge is 0.264 e. The topological polar surface area (TPSA) is 83.6 Å². The highest BCUT2D eigenvalue weighted by molar-refractivity contribution is 7.93. The maximum Gasteiger partial charge on any atom is 0.264 e. The van der Waals surface area contributed by atoms with Crippen LogP contribution in [0.2, 0.25) is 0 Å². The quantitative estimate of drug-likeness (QED) is 0.595. The van der Waals surface area contributed by atoms with Crippen molar-refractivity contribution >= 4 is 31.4 Å². The normalized spacial score (nSPS) is 14.2. The third-order valence-electron chi connectivity index (χ3n) is 5.44. The van der Waals surface area contributed by atoms with Gasteiger partial charge in [0.2, 0.25) is 0 Å². The Kier molecular flexibility index (Phi) is 5.72. The van der Waals surface area contributed by atoms with Gasteiger partial charge in [0.25, 0.3) is 20.0 Å². The fourth-order valence-corrected chi connectivity index (χ4v) is 6.66. The highest BCUT2D eigenvalue weighted by Gasteiger charge is 2.29. The lowest BCUT2D eigenvalue weighted by Gasteiger charge is -2.31. The molecule has 0 saturated carbocycles. The summed E-state index contributed by atoms with van der Waals surface area (Å²) in [5.74, 6) is -0.509. The minimum atomic E-state index is -3.92. The summed E-state index contributed by atoms with van der Waals surface area (Å²) in [6.45, 7) is 3.77. The number of hydrogen-bond acceptors (Lipinski definition) is 4. The molecule has 0 aromatic heterocycles. The summed E-state index contributed by atoms with van der Waals surface area (Å²) in [5, 5.41) is 0. The van der Waals surface area contributed by atoms with Crippen LogP contribution in [-0.4, -0.2) is 23.4 Å². The predicted molar refractivity (Wildman–Crippen MR) is 122 cm³/mol. The van der Waals surface area contributed by atoms with Gasteiger partial charge in [0.05, 0.1) is 15.5 Å². The Morgan fingerprint density at radius 3 is 2.31 bits per heavy atom. The molecule has 1 N–H and O–H groups in total. The monoisotopic (exact) mass is 474 g/mol. The number of rotatable bonds is 5. The number of fused-ring (bicyclic) bond motifs is 1. The maximum atomic E-state index is 13.4. The van der Waals surface area contributed by atoms with Crippen LogP contribution in [0.1, 0.15) is 23.1 Å². The van der Waals surface area contributed by atoms with Crippen molar-refractivity contribution in [1.82, 2.24) is 0 Å². The van der Waals surface area contributed by atoms with E-state index in [1.54, 1.807) is 36.4 Å². The van der Waals surface area contributed by atoms with Crippen LogP contribution in [0.15, 0.2) is 70.5 Å². The molecule has 0 spiro atoms. The predicted octanol–water partition coefficient (Wildman–Crippen LogP) is 4.38. The van der Waals surface area contributed by atoms with E-state index in [2.05, 4.69) is 4.72 Å². The zero-order valence-electron chi connectivity index (χ0n) is 17.7. The molecule has 0 radical (unpaired) electrons. The van der Waals surface area contributed by atoms with Crippen LogP contribution < -0.4 is 9.03 Å². The van der Waals surface area contributed by atoms with Gasteiger partial charge in [0.1, 0.15) is 5.82 Å². The largest absolute Gasteiger partial charge is 0.280 e. The molecular weight excluding hydrogens is 451 g/mol. The first-order valence-electron chi connectivity index (χ1n) is 10.1. The highest BCUT2D eigenvalue weighted by Crippen LogP contribution is 2.34. The molecule has 0 bridgehead atoms. The van der Waals surface area contributed by atoms with Crippen molar-refractivity contribution in [2.24, 2.45) is 0 Å². The number of aryl methyl sites for hydroxylation is 3. The van der Waals surface area contributed by atoms with Gasteiger partial charge in [0.15, 0.2) is 0 Å². The van der Waals surface area contributed by atoms with Crippen molar-refractivity contribution in [2.45, 2.75) is 36.5 Å². The van der Waals surface area contributed by atoms with Crippen LogP contribution in [0.3, 0.4) is 0 Å². The van der Waals surface area contributed by atoms with Gasteiger partial charge in [-0.3, -0.25) is 9.03 Å². The van der Waals surface area contributed by atoms with E-state index < -0.39 is 25.9 Å². The van der Waals surface area contributed by atoms with Gasteiger partial charge in [-0.2, -0.15) is 0 Å². The molecule has 4 rings (SSSR count). The Morgan fingerprint density at radius 1 is 0.906 bits per heavy atom. The summed E-state index contributed by atoms with van der Waals surface area (Å²) in [4.78, 5) is 0.202. The van der Waals surface area contributed by atoms with Crippen molar-refractivity contribution in [3.05, 3.63) is 83.2 Å². The Labute approximate surface area is 187 Å². The lowest BCUT2D eigenvalue weighted by molar-refractivity contribution is 0.586. The number of benzene rings is 3. The van der Waals surface area contributed by atoms with E-state index in [1.165, 1.54) is 23.4 Å². The first-order valence-corrected chi connectivity index (χ1v) is 13.0. The molecule has 0 atom stereocenters.